The summed E-state index contributed by atoms with van der Waals surface area (Å²) in [4.78, 5) is 30.6. The number of nitrogens with one attached hydrogen (secondary N) is 1. The molecule has 1 fully saturated rings. The fraction of sp³-hybridized carbons (Fsp3) is 0.150. The number of rotatable bonds is 3. The van der Waals surface area contributed by atoms with E-state index in [0.29, 0.717) is 16.5 Å². The lowest BCUT2D eigenvalue weighted by molar-refractivity contribution is -0.131. The van der Waals surface area contributed by atoms with Crippen LogP contribution in [0.2, 0.25) is 0 Å². The van der Waals surface area contributed by atoms with Crippen LogP contribution in [-0.2, 0) is 16.9 Å². The Kier molecular flexibility index (Phi) is 3.87. The van der Waals surface area contributed by atoms with Crippen molar-refractivity contribution in [1.82, 2.24) is 15.2 Å². The van der Waals surface area contributed by atoms with Crippen LogP contribution in [0.1, 0.15) is 18.1 Å². The molecule has 1 aromatic heterocycles. The van der Waals surface area contributed by atoms with E-state index in [1.165, 1.54) is 43.5 Å². The molecule has 1 aliphatic heterocycles. The Labute approximate surface area is 153 Å². The lowest BCUT2D eigenvalue weighted by Crippen LogP contribution is -2.41. The third-order valence-electron chi connectivity index (χ3n) is 4.82. The number of aromatic nitrogens is 1. The molecule has 1 N–H and O–H groups in total. The van der Waals surface area contributed by atoms with E-state index in [2.05, 4.69) is 10.3 Å². The smallest absolute Gasteiger partial charge is 0.319 e. The van der Waals surface area contributed by atoms with Gasteiger partial charge in [-0.05, 0) is 36.8 Å². The Balaban J connectivity index is 1.72. The minimum Gasteiger partial charge on any atom is -0.319 e. The summed E-state index contributed by atoms with van der Waals surface area (Å²) in [5.41, 5.74) is -0.523. The number of pyridine rings is 1. The van der Waals surface area contributed by atoms with Gasteiger partial charge in [-0.1, -0.05) is 24.3 Å². The van der Waals surface area contributed by atoms with Gasteiger partial charge in [-0.2, -0.15) is 0 Å². The van der Waals surface area contributed by atoms with Gasteiger partial charge in [0.2, 0.25) is 0 Å². The average molecular weight is 367 g/mol. The molecule has 3 aromatic rings. The van der Waals surface area contributed by atoms with Crippen molar-refractivity contribution in [3.05, 3.63) is 77.5 Å². The third-order valence-corrected chi connectivity index (χ3v) is 4.82. The molecule has 0 spiro atoms. The van der Waals surface area contributed by atoms with Gasteiger partial charge < -0.3 is 5.32 Å². The molecule has 0 radical (unpaired) electrons. The molecule has 0 bridgehead atoms. The van der Waals surface area contributed by atoms with Crippen molar-refractivity contribution < 1.29 is 18.4 Å². The maximum atomic E-state index is 14.2. The average Bonchev–Trinajstić information content (AvgIpc) is 2.88. The maximum absolute atomic E-state index is 14.2. The van der Waals surface area contributed by atoms with Crippen molar-refractivity contribution in [2.45, 2.75) is 19.0 Å². The van der Waals surface area contributed by atoms with E-state index < -0.39 is 29.1 Å². The number of urea groups is 1. The molecular weight excluding hydrogens is 352 g/mol. The minimum atomic E-state index is -1.51. The summed E-state index contributed by atoms with van der Waals surface area (Å²) in [5, 5.41) is 2.87. The van der Waals surface area contributed by atoms with Crippen molar-refractivity contribution in [2.75, 3.05) is 0 Å². The van der Waals surface area contributed by atoms with Gasteiger partial charge in [-0.25, -0.2) is 13.6 Å². The van der Waals surface area contributed by atoms with Crippen LogP contribution in [0.4, 0.5) is 13.6 Å². The number of hydrogen-bond acceptors (Lipinski definition) is 3. The second-order valence-corrected chi connectivity index (χ2v) is 6.53. The number of carbonyl (C=O) groups excluding carboxylic acids is 2. The molecule has 1 unspecified atom stereocenters. The highest BCUT2D eigenvalue weighted by molar-refractivity contribution is 6.07. The Morgan fingerprint density at radius 3 is 2.59 bits per heavy atom. The standard InChI is InChI=1S/C20H15F2N3O2/c1-20(14-6-2-3-7-16(14)22)18(26)25(19(27)24-20)11-12-8-9-15(21)13-5-4-10-23-17(12)13/h2-10H,11H2,1H3,(H,24,27). The van der Waals surface area contributed by atoms with Gasteiger partial charge in [-0.15, -0.1) is 0 Å². The van der Waals surface area contributed by atoms with E-state index in [1.54, 1.807) is 18.2 Å². The molecule has 2 heterocycles. The molecule has 4 rings (SSSR count). The third kappa shape index (κ3) is 2.63. The zero-order valence-corrected chi connectivity index (χ0v) is 14.4. The number of amides is 3. The van der Waals surface area contributed by atoms with Gasteiger partial charge in [0.25, 0.3) is 5.91 Å². The largest absolute Gasteiger partial charge is 0.325 e. The number of hydrogen-bond donors (Lipinski definition) is 1. The van der Waals surface area contributed by atoms with E-state index in [1.807, 2.05) is 0 Å². The number of nitrogens with zero attached hydrogens (tertiary/aromatic N) is 2. The quantitative estimate of drug-likeness (QED) is 0.721. The molecule has 136 valence electrons. The van der Waals surface area contributed by atoms with Gasteiger partial charge in [0, 0.05) is 17.1 Å². The molecular formula is C20H15F2N3O2. The van der Waals surface area contributed by atoms with Crippen LogP contribution < -0.4 is 5.32 Å². The number of halogens is 2. The Bertz CT molecular complexity index is 1090. The topological polar surface area (TPSA) is 62.3 Å². The molecule has 1 aliphatic rings. The van der Waals surface area contributed by atoms with Crippen molar-refractivity contribution in [2.24, 2.45) is 0 Å². The maximum Gasteiger partial charge on any atom is 0.325 e. The molecule has 1 atom stereocenters. The Morgan fingerprint density at radius 2 is 1.81 bits per heavy atom. The molecule has 0 aliphatic carbocycles. The van der Waals surface area contributed by atoms with Gasteiger partial charge >= 0.3 is 6.03 Å². The first kappa shape index (κ1) is 17.1. The second kappa shape index (κ2) is 6.12. The van der Waals surface area contributed by atoms with E-state index in [4.69, 9.17) is 0 Å². The van der Waals surface area contributed by atoms with E-state index in [0.717, 1.165) is 4.90 Å². The van der Waals surface area contributed by atoms with E-state index in [9.17, 15) is 18.4 Å². The molecule has 27 heavy (non-hydrogen) atoms. The Morgan fingerprint density at radius 1 is 1.04 bits per heavy atom. The summed E-state index contributed by atoms with van der Waals surface area (Å²) in [5.74, 6) is -1.59. The van der Waals surface area contributed by atoms with Crippen molar-refractivity contribution in [3.63, 3.8) is 0 Å². The first-order chi connectivity index (χ1) is 12.9. The fourth-order valence-corrected chi connectivity index (χ4v) is 3.38. The zero-order chi connectivity index (χ0) is 19.2. The summed E-state index contributed by atoms with van der Waals surface area (Å²) in [6.07, 6.45) is 1.51. The monoisotopic (exact) mass is 367 g/mol. The van der Waals surface area contributed by atoms with Crippen LogP contribution in [0.15, 0.2) is 54.7 Å². The summed E-state index contributed by atoms with van der Waals surface area (Å²) in [7, 11) is 0. The van der Waals surface area contributed by atoms with Crippen molar-refractivity contribution >= 4 is 22.8 Å². The molecule has 2 aromatic carbocycles. The van der Waals surface area contributed by atoms with E-state index >= 15 is 0 Å². The normalized spacial score (nSPS) is 19.6. The predicted octanol–water partition coefficient (Wildman–Crippen LogP) is 3.48. The van der Waals surface area contributed by atoms with Gasteiger partial charge in [0.1, 0.15) is 17.2 Å². The lowest BCUT2D eigenvalue weighted by atomic mass is 9.91. The summed E-state index contributed by atoms with van der Waals surface area (Å²) in [6.45, 7) is 1.37. The number of carbonyl (C=O) groups is 2. The highest BCUT2D eigenvalue weighted by Gasteiger charge is 2.50. The van der Waals surface area contributed by atoms with E-state index in [-0.39, 0.29) is 12.1 Å². The minimum absolute atomic E-state index is 0.0907. The lowest BCUT2D eigenvalue weighted by Gasteiger charge is -2.22. The molecule has 1 saturated heterocycles. The first-order valence-corrected chi connectivity index (χ1v) is 8.33. The predicted molar refractivity (Wildman–Crippen MR) is 94.5 cm³/mol. The molecule has 7 heteroatoms. The van der Waals surface area contributed by atoms with Crippen molar-refractivity contribution in [3.8, 4) is 0 Å². The molecule has 5 nitrogen and oxygen atoms in total. The second-order valence-electron chi connectivity index (χ2n) is 6.53. The van der Waals surface area contributed by atoms with Crippen LogP contribution in [-0.4, -0.2) is 21.8 Å². The first-order valence-electron chi connectivity index (χ1n) is 8.33. The highest BCUT2D eigenvalue weighted by Crippen LogP contribution is 2.32. The van der Waals surface area contributed by atoms with Crippen molar-refractivity contribution in [1.29, 1.82) is 0 Å². The number of imide groups is 1. The molecule has 0 saturated carbocycles. The van der Waals surface area contributed by atoms with Crippen LogP contribution >= 0.6 is 0 Å². The molecule has 3 amide bonds. The highest BCUT2D eigenvalue weighted by atomic mass is 19.1. The summed E-state index contributed by atoms with van der Waals surface area (Å²) < 4.78 is 28.2. The Hall–Kier alpha value is -3.35. The number of benzene rings is 2. The van der Waals surface area contributed by atoms with Crippen LogP contribution in [0.5, 0.6) is 0 Å². The van der Waals surface area contributed by atoms with Gasteiger partial charge in [0.15, 0.2) is 0 Å². The van der Waals surface area contributed by atoms with Gasteiger partial charge in [0.05, 0.1) is 12.1 Å². The van der Waals surface area contributed by atoms with Crippen LogP contribution in [0, 0.1) is 11.6 Å². The zero-order valence-electron chi connectivity index (χ0n) is 14.4. The number of fused-ring (bicyclic) bond motifs is 1. The summed E-state index contributed by atoms with van der Waals surface area (Å²) in [6, 6.07) is 11.1. The SMILES string of the molecule is CC1(c2ccccc2F)NC(=O)N(Cc2ccc(F)c3cccnc23)C1=O. The van der Waals surface area contributed by atoms with Crippen LogP contribution in [0.25, 0.3) is 10.9 Å². The van der Waals surface area contributed by atoms with Gasteiger partial charge in [-0.3, -0.25) is 14.7 Å². The fourth-order valence-electron chi connectivity index (χ4n) is 3.38. The van der Waals surface area contributed by atoms with Crippen LogP contribution in [0.3, 0.4) is 0 Å². The summed E-state index contributed by atoms with van der Waals surface area (Å²) >= 11 is 0.